The third-order valence-electron chi connectivity index (χ3n) is 3.06. The summed E-state index contributed by atoms with van der Waals surface area (Å²) in [4.78, 5) is 22.0. The van der Waals surface area contributed by atoms with Crippen molar-refractivity contribution in [3.05, 3.63) is 12.7 Å². The lowest BCUT2D eigenvalue weighted by atomic mass is 10.0. The molecule has 0 aromatic carbocycles. The van der Waals surface area contributed by atoms with E-state index in [0.29, 0.717) is 6.42 Å². The first-order valence-electron chi connectivity index (χ1n) is 7.29. The fourth-order valence-corrected chi connectivity index (χ4v) is 2.04. The number of allylic oxidation sites excluding steroid dienone is 1. The molecule has 0 bridgehead atoms. The molecule has 0 aromatic rings. The Morgan fingerprint density at radius 2 is 1.39 bits per heavy atom. The topological polar surface area (TPSA) is 34.1 Å². The third-order valence-corrected chi connectivity index (χ3v) is 3.06. The Balaban J connectivity index is 3.13. The van der Waals surface area contributed by atoms with Gasteiger partial charge in [0, 0.05) is 6.42 Å². The highest BCUT2D eigenvalue weighted by Crippen LogP contribution is 2.11. The van der Waals surface area contributed by atoms with Gasteiger partial charge in [0.1, 0.15) is 11.6 Å². The van der Waals surface area contributed by atoms with E-state index in [2.05, 4.69) is 6.58 Å². The van der Waals surface area contributed by atoms with E-state index in [1.54, 1.807) is 0 Å². The van der Waals surface area contributed by atoms with Crippen LogP contribution >= 0.6 is 0 Å². The molecule has 0 aliphatic rings. The van der Waals surface area contributed by atoms with Crippen molar-refractivity contribution in [2.24, 2.45) is 0 Å². The summed E-state index contributed by atoms with van der Waals surface area (Å²) >= 11 is 0. The van der Waals surface area contributed by atoms with Crippen molar-refractivity contribution in [2.75, 3.05) is 0 Å². The molecule has 0 aromatic heterocycles. The summed E-state index contributed by atoms with van der Waals surface area (Å²) in [5.74, 6) is 0.0893. The quantitative estimate of drug-likeness (QED) is 0.272. The normalized spacial score (nSPS) is 10.3. The molecular formula is C16H28O2. The van der Waals surface area contributed by atoms with E-state index >= 15 is 0 Å². The van der Waals surface area contributed by atoms with Crippen molar-refractivity contribution >= 4 is 11.6 Å². The van der Waals surface area contributed by atoms with E-state index in [1.165, 1.54) is 45.4 Å². The molecule has 18 heavy (non-hydrogen) atoms. The molecule has 0 aliphatic heterocycles. The van der Waals surface area contributed by atoms with Gasteiger partial charge in [-0.2, -0.15) is 0 Å². The summed E-state index contributed by atoms with van der Waals surface area (Å²) < 4.78 is 0. The predicted octanol–water partition coefficient (Wildman–Crippen LogP) is 4.62. The minimum atomic E-state index is -0.0143. The fourth-order valence-electron chi connectivity index (χ4n) is 2.04. The van der Waals surface area contributed by atoms with Crippen LogP contribution in [-0.4, -0.2) is 11.6 Å². The van der Waals surface area contributed by atoms with E-state index in [4.69, 9.17) is 0 Å². The smallest absolute Gasteiger partial charge is 0.140 e. The molecule has 0 rings (SSSR count). The largest absolute Gasteiger partial charge is 0.300 e. The molecule has 0 spiro atoms. The van der Waals surface area contributed by atoms with E-state index in [9.17, 15) is 9.59 Å². The lowest BCUT2D eigenvalue weighted by Gasteiger charge is -2.01. The maximum absolute atomic E-state index is 11.3. The lowest BCUT2D eigenvalue weighted by Crippen LogP contribution is -2.03. The highest BCUT2D eigenvalue weighted by molar-refractivity contribution is 5.97. The van der Waals surface area contributed by atoms with Crippen molar-refractivity contribution in [1.29, 1.82) is 0 Å². The van der Waals surface area contributed by atoms with Crippen molar-refractivity contribution in [1.82, 2.24) is 0 Å². The Morgan fingerprint density at radius 1 is 0.889 bits per heavy atom. The van der Waals surface area contributed by atoms with Crippen LogP contribution < -0.4 is 0 Å². The number of ketones is 2. The lowest BCUT2D eigenvalue weighted by molar-refractivity contribution is -0.125. The van der Waals surface area contributed by atoms with Crippen LogP contribution in [-0.2, 0) is 9.59 Å². The van der Waals surface area contributed by atoms with Gasteiger partial charge in [-0.25, -0.2) is 0 Å². The standard InChI is InChI=1S/C16H28O2/c1-3-4-5-6-7-8-9-10-11-12-13-16(18)14-15(2)17/h3H,1,4-14H2,2H3. The van der Waals surface area contributed by atoms with Crippen LogP contribution in [0.2, 0.25) is 0 Å². The SMILES string of the molecule is C=CCCCCCCCCCCC(=O)CC(C)=O. The minimum absolute atomic E-state index is 0.0143. The molecule has 2 heteroatoms. The number of carbonyl (C=O) groups excluding carboxylic acids is 2. The maximum Gasteiger partial charge on any atom is 0.140 e. The minimum Gasteiger partial charge on any atom is -0.300 e. The summed E-state index contributed by atoms with van der Waals surface area (Å²) in [7, 11) is 0. The van der Waals surface area contributed by atoms with Crippen LogP contribution in [0, 0.1) is 0 Å². The Kier molecular flexibility index (Phi) is 11.9. The molecule has 0 atom stereocenters. The zero-order chi connectivity index (χ0) is 13.6. The molecule has 0 saturated heterocycles. The first-order chi connectivity index (χ1) is 8.66. The highest BCUT2D eigenvalue weighted by Gasteiger charge is 2.04. The zero-order valence-corrected chi connectivity index (χ0v) is 11.9. The first kappa shape index (κ1) is 17.1. The van der Waals surface area contributed by atoms with Crippen LogP contribution in [0.15, 0.2) is 12.7 Å². The van der Waals surface area contributed by atoms with Crippen LogP contribution in [0.3, 0.4) is 0 Å². The van der Waals surface area contributed by atoms with Crippen LogP contribution in [0.25, 0.3) is 0 Å². The van der Waals surface area contributed by atoms with Gasteiger partial charge in [-0.05, 0) is 26.2 Å². The first-order valence-corrected chi connectivity index (χ1v) is 7.29. The summed E-state index contributed by atoms with van der Waals surface area (Å²) in [5.41, 5.74) is 0. The van der Waals surface area contributed by atoms with Crippen molar-refractivity contribution in [3.63, 3.8) is 0 Å². The Bertz CT molecular complexity index is 243. The average molecular weight is 252 g/mol. The molecule has 2 nitrogen and oxygen atoms in total. The second-order valence-electron chi connectivity index (χ2n) is 5.07. The molecule has 0 unspecified atom stereocenters. The molecule has 0 fully saturated rings. The second-order valence-corrected chi connectivity index (χ2v) is 5.07. The van der Waals surface area contributed by atoms with Gasteiger partial charge in [-0.1, -0.05) is 44.6 Å². The van der Waals surface area contributed by atoms with Crippen LogP contribution in [0.4, 0.5) is 0 Å². The molecular weight excluding hydrogens is 224 g/mol. The molecule has 0 saturated carbocycles. The molecule has 0 aliphatic carbocycles. The zero-order valence-electron chi connectivity index (χ0n) is 11.9. The molecule has 104 valence electrons. The number of hydrogen-bond donors (Lipinski definition) is 0. The number of unbranched alkanes of at least 4 members (excludes halogenated alkanes) is 8. The number of hydrogen-bond acceptors (Lipinski definition) is 2. The number of rotatable bonds is 13. The van der Waals surface area contributed by atoms with Gasteiger partial charge in [0.25, 0.3) is 0 Å². The van der Waals surface area contributed by atoms with E-state index in [0.717, 1.165) is 19.3 Å². The summed E-state index contributed by atoms with van der Waals surface area (Å²) in [6, 6.07) is 0. The predicted molar refractivity (Wildman–Crippen MR) is 76.7 cm³/mol. The van der Waals surface area contributed by atoms with Gasteiger partial charge in [0.05, 0.1) is 6.42 Å². The maximum atomic E-state index is 11.3. The Hall–Kier alpha value is -0.920. The van der Waals surface area contributed by atoms with Gasteiger partial charge < -0.3 is 0 Å². The molecule has 0 radical (unpaired) electrons. The monoisotopic (exact) mass is 252 g/mol. The van der Waals surface area contributed by atoms with Gasteiger partial charge in [-0.15, -0.1) is 6.58 Å². The van der Waals surface area contributed by atoms with E-state index in [1.807, 2.05) is 6.08 Å². The Labute approximate surface area is 112 Å². The highest BCUT2D eigenvalue weighted by atomic mass is 16.1. The average Bonchev–Trinajstić information content (AvgIpc) is 2.30. The van der Waals surface area contributed by atoms with Gasteiger partial charge in [0.15, 0.2) is 0 Å². The van der Waals surface area contributed by atoms with Gasteiger partial charge in [-0.3, -0.25) is 9.59 Å². The van der Waals surface area contributed by atoms with Crippen LogP contribution in [0.5, 0.6) is 0 Å². The molecule has 0 N–H and O–H groups in total. The summed E-state index contributed by atoms with van der Waals surface area (Å²) in [5, 5.41) is 0. The van der Waals surface area contributed by atoms with Crippen molar-refractivity contribution in [3.8, 4) is 0 Å². The molecule has 0 amide bonds. The summed E-state index contributed by atoms with van der Waals surface area (Å²) in [6.07, 6.45) is 13.6. The van der Waals surface area contributed by atoms with E-state index < -0.39 is 0 Å². The van der Waals surface area contributed by atoms with E-state index in [-0.39, 0.29) is 18.0 Å². The van der Waals surface area contributed by atoms with Gasteiger partial charge in [0.2, 0.25) is 0 Å². The Morgan fingerprint density at radius 3 is 1.89 bits per heavy atom. The van der Waals surface area contributed by atoms with Gasteiger partial charge >= 0.3 is 0 Å². The number of carbonyl (C=O) groups is 2. The second kappa shape index (κ2) is 12.5. The van der Waals surface area contributed by atoms with Crippen molar-refractivity contribution in [2.45, 2.75) is 77.6 Å². The third kappa shape index (κ3) is 13.1. The molecule has 0 heterocycles. The van der Waals surface area contributed by atoms with Crippen LogP contribution in [0.1, 0.15) is 77.6 Å². The summed E-state index contributed by atoms with van der Waals surface area (Å²) in [6.45, 7) is 5.19. The van der Waals surface area contributed by atoms with Crippen molar-refractivity contribution < 1.29 is 9.59 Å². The fraction of sp³-hybridized carbons (Fsp3) is 0.750. The number of Topliss-reactive ketones (excluding diaryl/α,β-unsaturated/α-hetero) is 2.